The summed E-state index contributed by atoms with van der Waals surface area (Å²) in [5, 5.41) is 0. The Bertz CT molecular complexity index is 222. The molecule has 1 aliphatic rings. The summed E-state index contributed by atoms with van der Waals surface area (Å²) in [5.74, 6) is 1.07. The van der Waals surface area contributed by atoms with Gasteiger partial charge in [-0.1, -0.05) is 6.92 Å². The first-order valence-corrected chi connectivity index (χ1v) is 6.42. The van der Waals surface area contributed by atoms with Crippen molar-refractivity contribution in [3.63, 3.8) is 0 Å². The fourth-order valence-corrected chi connectivity index (χ4v) is 2.33. The van der Waals surface area contributed by atoms with Gasteiger partial charge in [0.1, 0.15) is 0 Å². The van der Waals surface area contributed by atoms with Crippen LogP contribution in [0.2, 0.25) is 0 Å². The Kier molecular flexibility index (Phi) is 5.26. The van der Waals surface area contributed by atoms with Crippen LogP contribution in [0.4, 0.5) is 0 Å². The monoisotopic (exact) mass is 226 g/mol. The molecule has 16 heavy (non-hydrogen) atoms. The average molecular weight is 226 g/mol. The maximum Gasteiger partial charge on any atom is 0.219 e. The summed E-state index contributed by atoms with van der Waals surface area (Å²) < 4.78 is 0. The molecule has 0 heterocycles. The van der Waals surface area contributed by atoms with E-state index in [4.69, 9.17) is 0 Å². The fraction of sp³-hybridized carbons (Fsp3) is 0.923. The van der Waals surface area contributed by atoms with Gasteiger partial charge in [-0.15, -0.1) is 0 Å². The Morgan fingerprint density at radius 3 is 2.19 bits per heavy atom. The lowest BCUT2D eigenvalue weighted by atomic mass is 9.87. The average Bonchev–Trinajstić information content (AvgIpc) is 2.26. The van der Waals surface area contributed by atoms with Crippen molar-refractivity contribution in [3.8, 4) is 0 Å². The molecule has 1 fully saturated rings. The first-order chi connectivity index (χ1) is 7.50. The number of likely N-dealkylation sites (N-methyl/N-ethyl adjacent to an activating group) is 2. The molecule has 0 N–H and O–H groups in total. The standard InChI is InChI=1S/C13H26N2O/c1-11-5-7-13(8-6-11)15(4)10-9-14(3)12(2)16/h11,13H,5-10H2,1-4H3/t11-,13-. The highest BCUT2D eigenvalue weighted by atomic mass is 16.2. The first kappa shape index (κ1) is 13.5. The Morgan fingerprint density at radius 1 is 1.12 bits per heavy atom. The molecule has 3 nitrogen and oxygen atoms in total. The second kappa shape index (κ2) is 6.24. The van der Waals surface area contributed by atoms with Crippen LogP contribution < -0.4 is 0 Å². The first-order valence-electron chi connectivity index (χ1n) is 6.42. The number of nitrogens with zero attached hydrogens (tertiary/aromatic N) is 2. The fourth-order valence-electron chi connectivity index (χ4n) is 2.33. The van der Waals surface area contributed by atoms with E-state index in [1.165, 1.54) is 25.7 Å². The minimum Gasteiger partial charge on any atom is -0.345 e. The summed E-state index contributed by atoms with van der Waals surface area (Å²) in [6, 6.07) is 0.733. The van der Waals surface area contributed by atoms with Crippen molar-refractivity contribution in [2.24, 2.45) is 5.92 Å². The second-order valence-electron chi connectivity index (χ2n) is 5.33. The quantitative estimate of drug-likeness (QED) is 0.732. The van der Waals surface area contributed by atoms with E-state index in [2.05, 4.69) is 18.9 Å². The van der Waals surface area contributed by atoms with Gasteiger partial charge in [-0.3, -0.25) is 4.79 Å². The molecular formula is C13H26N2O. The largest absolute Gasteiger partial charge is 0.345 e. The van der Waals surface area contributed by atoms with Gasteiger partial charge in [-0.2, -0.15) is 0 Å². The van der Waals surface area contributed by atoms with Crippen molar-refractivity contribution < 1.29 is 4.79 Å². The third-order valence-electron chi connectivity index (χ3n) is 3.93. The van der Waals surface area contributed by atoms with Crippen LogP contribution in [-0.2, 0) is 4.79 Å². The lowest BCUT2D eigenvalue weighted by molar-refractivity contribution is -0.127. The summed E-state index contributed by atoms with van der Waals surface area (Å²) in [5.41, 5.74) is 0. The minimum atomic E-state index is 0.158. The molecule has 0 unspecified atom stereocenters. The molecule has 0 bridgehead atoms. The van der Waals surface area contributed by atoms with E-state index in [-0.39, 0.29) is 5.91 Å². The van der Waals surface area contributed by atoms with E-state index in [1.54, 1.807) is 11.8 Å². The highest BCUT2D eigenvalue weighted by Crippen LogP contribution is 2.26. The zero-order chi connectivity index (χ0) is 12.1. The summed E-state index contributed by atoms with van der Waals surface area (Å²) >= 11 is 0. The molecule has 1 saturated carbocycles. The number of hydrogen-bond donors (Lipinski definition) is 0. The van der Waals surface area contributed by atoms with Gasteiger partial charge in [-0.25, -0.2) is 0 Å². The van der Waals surface area contributed by atoms with Gasteiger partial charge in [0.15, 0.2) is 0 Å². The van der Waals surface area contributed by atoms with Crippen LogP contribution in [0.1, 0.15) is 39.5 Å². The van der Waals surface area contributed by atoms with Crippen LogP contribution in [0.3, 0.4) is 0 Å². The molecule has 0 atom stereocenters. The van der Waals surface area contributed by atoms with Crippen LogP contribution in [0, 0.1) is 5.92 Å². The molecule has 1 rings (SSSR count). The molecule has 1 aliphatic carbocycles. The second-order valence-corrected chi connectivity index (χ2v) is 5.33. The highest BCUT2D eigenvalue weighted by molar-refractivity contribution is 5.72. The molecule has 0 aliphatic heterocycles. The molecule has 0 spiro atoms. The van der Waals surface area contributed by atoms with E-state index in [1.807, 2.05) is 7.05 Å². The maximum absolute atomic E-state index is 11.1. The molecule has 0 radical (unpaired) electrons. The van der Waals surface area contributed by atoms with Crippen LogP contribution in [0.5, 0.6) is 0 Å². The van der Waals surface area contributed by atoms with Crippen molar-refractivity contribution in [1.82, 2.24) is 9.80 Å². The predicted octanol–water partition coefficient (Wildman–Crippen LogP) is 1.98. The van der Waals surface area contributed by atoms with E-state index < -0.39 is 0 Å². The zero-order valence-corrected chi connectivity index (χ0v) is 11.2. The molecule has 0 aromatic carbocycles. The molecule has 0 aromatic heterocycles. The van der Waals surface area contributed by atoms with Crippen LogP contribution in [-0.4, -0.2) is 48.9 Å². The van der Waals surface area contributed by atoms with Crippen LogP contribution in [0.25, 0.3) is 0 Å². The molecule has 0 aromatic rings. The van der Waals surface area contributed by atoms with Crippen molar-refractivity contribution in [2.45, 2.75) is 45.6 Å². The lowest BCUT2D eigenvalue weighted by Crippen LogP contribution is -2.40. The third-order valence-corrected chi connectivity index (χ3v) is 3.93. The lowest BCUT2D eigenvalue weighted by Gasteiger charge is -2.34. The number of hydrogen-bond acceptors (Lipinski definition) is 2. The minimum absolute atomic E-state index is 0.158. The number of amides is 1. The van der Waals surface area contributed by atoms with Gasteiger partial charge in [0.25, 0.3) is 0 Å². The molecule has 0 saturated heterocycles. The van der Waals surface area contributed by atoms with Gasteiger partial charge in [0.05, 0.1) is 0 Å². The number of carbonyl (C=O) groups is 1. The van der Waals surface area contributed by atoms with Crippen molar-refractivity contribution in [1.29, 1.82) is 0 Å². The van der Waals surface area contributed by atoms with Crippen molar-refractivity contribution in [2.75, 3.05) is 27.2 Å². The molecule has 3 heteroatoms. The van der Waals surface area contributed by atoms with Gasteiger partial charge in [0.2, 0.25) is 5.91 Å². The van der Waals surface area contributed by atoms with Gasteiger partial charge in [0, 0.05) is 33.1 Å². The summed E-state index contributed by atoms with van der Waals surface area (Å²) in [6.45, 7) is 5.81. The molecule has 94 valence electrons. The van der Waals surface area contributed by atoms with E-state index in [0.29, 0.717) is 0 Å². The zero-order valence-electron chi connectivity index (χ0n) is 11.2. The third kappa shape index (κ3) is 4.12. The summed E-state index contributed by atoms with van der Waals surface area (Å²) in [4.78, 5) is 15.3. The normalized spacial score (nSPS) is 25.8. The van der Waals surface area contributed by atoms with Crippen LogP contribution >= 0.6 is 0 Å². The Hall–Kier alpha value is -0.570. The van der Waals surface area contributed by atoms with Gasteiger partial charge >= 0.3 is 0 Å². The van der Waals surface area contributed by atoms with Gasteiger partial charge < -0.3 is 9.80 Å². The highest BCUT2D eigenvalue weighted by Gasteiger charge is 2.21. The Morgan fingerprint density at radius 2 is 1.69 bits per heavy atom. The Labute approximate surface area is 99.8 Å². The van der Waals surface area contributed by atoms with Crippen molar-refractivity contribution in [3.05, 3.63) is 0 Å². The molecule has 1 amide bonds. The van der Waals surface area contributed by atoms with Gasteiger partial charge in [-0.05, 0) is 38.6 Å². The SMILES string of the molecule is CC(=O)N(C)CCN(C)[C@H]1CC[C@H](C)CC1. The predicted molar refractivity (Wildman–Crippen MR) is 67.4 cm³/mol. The topological polar surface area (TPSA) is 23.6 Å². The smallest absolute Gasteiger partial charge is 0.219 e. The van der Waals surface area contributed by atoms with E-state index in [9.17, 15) is 4.79 Å². The van der Waals surface area contributed by atoms with Crippen LogP contribution in [0.15, 0.2) is 0 Å². The van der Waals surface area contributed by atoms with E-state index in [0.717, 1.165) is 25.0 Å². The van der Waals surface area contributed by atoms with E-state index >= 15 is 0 Å². The molecular weight excluding hydrogens is 200 g/mol. The summed E-state index contributed by atoms with van der Waals surface area (Å²) in [7, 11) is 4.06. The summed E-state index contributed by atoms with van der Waals surface area (Å²) in [6.07, 6.45) is 5.36. The Balaban J connectivity index is 2.24. The maximum atomic E-state index is 11.1. The number of carbonyl (C=O) groups excluding carboxylic acids is 1. The van der Waals surface area contributed by atoms with Crippen molar-refractivity contribution >= 4 is 5.91 Å². The number of rotatable bonds is 4.